The number of carbonyl (C=O) groups is 1. The van der Waals surface area contributed by atoms with Gasteiger partial charge in [-0.3, -0.25) is 4.79 Å². The fraction of sp³-hybridized carbons (Fsp3) is 0.250. The molecule has 0 aliphatic rings. The van der Waals surface area contributed by atoms with E-state index in [-0.39, 0.29) is 5.91 Å². The summed E-state index contributed by atoms with van der Waals surface area (Å²) in [6.45, 7) is 7.62. The van der Waals surface area contributed by atoms with Crippen LogP contribution in [0.5, 0.6) is 0 Å². The smallest absolute Gasteiger partial charge is 0.274 e. The molecule has 2 rings (SSSR count). The largest absolute Gasteiger partial charge is 0.466 e. The second-order valence-corrected chi connectivity index (χ2v) is 4.89. The molecule has 0 fully saturated rings. The number of hydrazone groups is 1. The number of furan rings is 1. The van der Waals surface area contributed by atoms with Crippen LogP contribution in [-0.2, 0) is 0 Å². The number of carbonyl (C=O) groups excluding carboxylic acids is 1. The molecule has 0 unspecified atom stereocenters. The van der Waals surface area contributed by atoms with Crippen LogP contribution in [0.1, 0.15) is 38.6 Å². The number of benzene rings is 1. The predicted octanol–water partition coefficient (Wildman–Crippen LogP) is 3.28. The molecule has 1 aromatic heterocycles. The van der Waals surface area contributed by atoms with Crippen molar-refractivity contribution >= 4 is 12.1 Å². The zero-order chi connectivity index (χ0) is 14.7. The van der Waals surface area contributed by atoms with Crippen molar-refractivity contribution in [3.8, 4) is 0 Å². The SMILES string of the molecule is Cc1ccc(/C=N/NC(=O)c2cc(C)oc2C)c(C)c1. The van der Waals surface area contributed by atoms with Crippen LogP contribution in [-0.4, -0.2) is 12.1 Å². The summed E-state index contributed by atoms with van der Waals surface area (Å²) in [5.74, 6) is 1.05. The van der Waals surface area contributed by atoms with Crippen molar-refractivity contribution in [1.82, 2.24) is 5.43 Å². The molecule has 0 spiro atoms. The van der Waals surface area contributed by atoms with E-state index in [0.717, 1.165) is 11.1 Å². The maximum Gasteiger partial charge on any atom is 0.274 e. The first-order valence-corrected chi connectivity index (χ1v) is 6.45. The van der Waals surface area contributed by atoms with Gasteiger partial charge < -0.3 is 4.42 Å². The summed E-state index contributed by atoms with van der Waals surface area (Å²) < 4.78 is 5.32. The van der Waals surface area contributed by atoms with Crippen LogP contribution in [0, 0.1) is 27.7 Å². The molecule has 0 aliphatic carbocycles. The Labute approximate surface area is 118 Å². The Morgan fingerprint density at radius 1 is 1.20 bits per heavy atom. The molecular weight excluding hydrogens is 252 g/mol. The van der Waals surface area contributed by atoms with Crippen LogP contribution in [0.15, 0.2) is 33.8 Å². The fourth-order valence-corrected chi connectivity index (χ4v) is 2.05. The average molecular weight is 270 g/mol. The lowest BCUT2D eigenvalue weighted by atomic mass is 10.1. The molecule has 0 saturated heterocycles. The minimum absolute atomic E-state index is 0.264. The Balaban J connectivity index is 2.06. The molecule has 1 aromatic carbocycles. The van der Waals surface area contributed by atoms with Gasteiger partial charge in [0.05, 0.1) is 11.8 Å². The first-order valence-electron chi connectivity index (χ1n) is 6.45. The number of amides is 1. The fourth-order valence-electron chi connectivity index (χ4n) is 2.05. The number of rotatable bonds is 3. The number of nitrogens with one attached hydrogen (secondary N) is 1. The van der Waals surface area contributed by atoms with Gasteiger partial charge in [-0.15, -0.1) is 0 Å². The van der Waals surface area contributed by atoms with E-state index in [0.29, 0.717) is 17.1 Å². The summed E-state index contributed by atoms with van der Waals surface area (Å²) in [6.07, 6.45) is 1.65. The number of hydrogen-bond acceptors (Lipinski definition) is 3. The molecule has 1 N–H and O–H groups in total. The Hall–Kier alpha value is -2.36. The minimum atomic E-state index is -0.264. The highest BCUT2D eigenvalue weighted by molar-refractivity contribution is 5.96. The van der Waals surface area contributed by atoms with Crippen LogP contribution in [0.4, 0.5) is 0 Å². The molecular formula is C16H18N2O2. The normalized spacial score (nSPS) is 11.0. The molecule has 0 aliphatic heterocycles. The first kappa shape index (κ1) is 14.1. The van der Waals surface area contributed by atoms with Gasteiger partial charge in [-0.2, -0.15) is 5.10 Å². The van der Waals surface area contributed by atoms with Crippen molar-refractivity contribution in [3.05, 3.63) is 58.0 Å². The van der Waals surface area contributed by atoms with Crippen LogP contribution >= 0.6 is 0 Å². The Bertz CT molecular complexity index is 669. The highest BCUT2D eigenvalue weighted by Crippen LogP contribution is 2.13. The van der Waals surface area contributed by atoms with E-state index < -0.39 is 0 Å². The summed E-state index contributed by atoms with van der Waals surface area (Å²) in [4.78, 5) is 11.9. The van der Waals surface area contributed by atoms with E-state index in [1.165, 1.54) is 5.56 Å². The Morgan fingerprint density at radius 3 is 2.55 bits per heavy atom. The Morgan fingerprint density at radius 2 is 1.95 bits per heavy atom. The molecule has 0 atom stereocenters. The van der Waals surface area contributed by atoms with E-state index in [1.807, 2.05) is 32.9 Å². The number of hydrogen-bond donors (Lipinski definition) is 1. The van der Waals surface area contributed by atoms with Crippen molar-refractivity contribution in [2.45, 2.75) is 27.7 Å². The van der Waals surface area contributed by atoms with Gasteiger partial charge in [0.15, 0.2) is 0 Å². The van der Waals surface area contributed by atoms with Crippen molar-refractivity contribution in [1.29, 1.82) is 0 Å². The topological polar surface area (TPSA) is 54.6 Å². The lowest BCUT2D eigenvalue weighted by Gasteiger charge is -2.01. The highest BCUT2D eigenvalue weighted by Gasteiger charge is 2.12. The zero-order valence-electron chi connectivity index (χ0n) is 12.2. The predicted molar refractivity (Wildman–Crippen MR) is 79.2 cm³/mol. The standard InChI is InChI=1S/C16H18N2O2/c1-10-5-6-14(11(2)7-10)9-17-18-16(19)15-8-12(3)20-13(15)4/h5-9H,1-4H3,(H,18,19)/b17-9+. The van der Waals surface area contributed by atoms with E-state index in [9.17, 15) is 4.79 Å². The van der Waals surface area contributed by atoms with Crippen LogP contribution in [0.3, 0.4) is 0 Å². The molecule has 1 heterocycles. The third-order valence-corrected chi connectivity index (χ3v) is 3.08. The average Bonchev–Trinajstić information content (AvgIpc) is 2.71. The van der Waals surface area contributed by atoms with Crippen molar-refractivity contribution < 1.29 is 9.21 Å². The third kappa shape index (κ3) is 3.15. The quantitative estimate of drug-likeness (QED) is 0.687. The van der Waals surface area contributed by atoms with Gasteiger partial charge in [0, 0.05) is 0 Å². The van der Waals surface area contributed by atoms with Crippen molar-refractivity contribution in [3.63, 3.8) is 0 Å². The van der Waals surface area contributed by atoms with Gasteiger partial charge in [0.2, 0.25) is 0 Å². The van der Waals surface area contributed by atoms with Gasteiger partial charge in [-0.25, -0.2) is 5.43 Å². The first-order chi connectivity index (χ1) is 9.47. The lowest BCUT2D eigenvalue weighted by molar-refractivity contribution is 0.0953. The van der Waals surface area contributed by atoms with Crippen molar-refractivity contribution in [2.24, 2.45) is 5.10 Å². The second-order valence-electron chi connectivity index (χ2n) is 4.89. The second kappa shape index (κ2) is 5.74. The van der Waals surface area contributed by atoms with Gasteiger partial charge >= 0.3 is 0 Å². The monoisotopic (exact) mass is 270 g/mol. The summed E-state index contributed by atoms with van der Waals surface area (Å²) in [5.41, 5.74) is 6.34. The van der Waals surface area contributed by atoms with E-state index in [1.54, 1.807) is 19.2 Å². The highest BCUT2D eigenvalue weighted by atomic mass is 16.3. The van der Waals surface area contributed by atoms with Gasteiger partial charge in [0.1, 0.15) is 11.5 Å². The minimum Gasteiger partial charge on any atom is -0.466 e. The molecule has 0 saturated carbocycles. The molecule has 0 radical (unpaired) electrons. The number of aryl methyl sites for hydroxylation is 4. The zero-order valence-corrected chi connectivity index (χ0v) is 12.2. The van der Waals surface area contributed by atoms with Crippen LogP contribution < -0.4 is 5.43 Å². The maximum absolute atomic E-state index is 11.9. The summed E-state index contributed by atoms with van der Waals surface area (Å²) in [6, 6.07) is 7.78. The van der Waals surface area contributed by atoms with Gasteiger partial charge in [0.25, 0.3) is 5.91 Å². The summed E-state index contributed by atoms with van der Waals surface area (Å²) in [7, 11) is 0. The molecule has 0 bridgehead atoms. The van der Waals surface area contributed by atoms with E-state index in [2.05, 4.69) is 16.6 Å². The maximum atomic E-state index is 11.9. The van der Waals surface area contributed by atoms with Crippen LogP contribution in [0.2, 0.25) is 0 Å². The van der Waals surface area contributed by atoms with Gasteiger partial charge in [-0.05, 0) is 44.9 Å². The van der Waals surface area contributed by atoms with Gasteiger partial charge in [-0.1, -0.05) is 23.8 Å². The third-order valence-electron chi connectivity index (χ3n) is 3.08. The molecule has 4 nitrogen and oxygen atoms in total. The van der Waals surface area contributed by atoms with E-state index in [4.69, 9.17) is 4.42 Å². The molecule has 4 heteroatoms. The summed E-state index contributed by atoms with van der Waals surface area (Å²) in [5, 5.41) is 3.99. The molecule has 2 aromatic rings. The Kier molecular flexibility index (Phi) is 4.03. The van der Waals surface area contributed by atoms with E-state index >= 15 is 0 Å². The molecule has 104 valence electrons. The number of nitrogens with zero attached hydrogens (tertiary/aromatic N) is 1. The summed E-state index contributed by atoms with van der Waals surface area (Å²) >= 11 is 0. The molecule has 1 amide bonds. The van der Waals surface area contributed by atoms with Crippen LogP contribution in [0.25, 0.3) is 0 Å². The van der Waals surface area contributed by atoms with Crippen molar-refractivity contribution in [2.75, 3.05) is 0 Å². The molecule has 20 heavy (non-hydrogen) atoms. The lowest BCUT2D eigenvalue weighted by Crippen LogP contribution is -2.17.